The Morgan fingerprint density at radius 3 is 2.54 bits per heavy atom. The maximum absolute atomic E-state index is 12.6. The van der Waals surface area contributed by atoms with E-state index in [4.69, 9.17) is 0 Å². The third-order valence-electron chi connectivity index (χ3n) is 8.56. The summed E-state index contributed by atoms with van der Waals surface area (Å²) >= 11 is 0. The fraction of sp³-hybridized carbons (Fsp3) is 0.514. The number of nitrogens with zero attached hydrogens (tertiary/aromatic N) is 2. The number of carbonyl (C=O) groups excluding carboxylic acids is 1. The van der Waals surface area contributed by atoms with E-state index < -0.39 is 0 Å². The quantitative estimate of drug-likeness (QED) is 0.276. The normalized spacial score (nSPS) is 18.2. The van der Waals surface area contributed by atoms with Crippen LogP contribution >= 0.6 is 0 Å². The molecule has 4 nitrogen and oxygen atoms in total. The van der Waals surface area contributed by atoms with E-state index in [1.54, 1.807) is 0 Å². The first-order valence-corrected chi connectivity index (χ1v) is 15.3. The van der Waals surface area contributed by atoms with Crippen molar-refractivity contribution in [2.75, 3.05) is 25.0 Å². The van der Waals surface area contributed by atoms with Gasteiger partial charge in [-0.1, -0.05) is 81.7 Å². The molecule has 1 aliphatic heterocycles. The van der Waals surface area contributed by atoms with E-state index in [1.807, 2.05) is 4.90 Å². The molecule has 1 saturated carbocycles. The molecule has 0 spiro atoms. The molecule has 39 heavy (non-hydrogen) atoms. The molecule has 2 aliphatic rings. The molecule has 1 heterocycles. The lowest BCUT2D eigenvalue weighted by Gasteiger charge is -2.36. The average molecular weight is 528 g/mol. The van der Waals surface area contributed by atoms with Gasteiger partial charge >= 0.3 is 0 Å². The molecule has 2 aromatic rings. The molecule has 0 bridgehead atoms. The molecule has 2 aromatic carbocycles. The molecule has 1 saturated heterocycles. The van der Waals surface area contributed by atoms with Crippen LogP contribution in [-0.4, -0.2) is 43.0 Å². The Morgan fingerprint density at radius 2 is 1.87 bits per heavy atom. The van der Waals surface area contributed by atoms with Crippen LogP contribution in [0, 0.1) is 5.92 Å². The molecule has 1 N–H and O–H groups in total. The lowest BCUT2D eigenvalue weighted by atomic mass is 9.89. The summed E-state index contributed by atoms with van der Waals surface area (Å²) in [5, 5.41) is 3.90. The fourth-order valence-corrected chi connectivity index (χ4v) is 6.42. The molecule has 2 unspecified atom stereocenters. The molecule has 1 amide bonds. The molecule has 4 rings (SSSR count). The molecule has 2 atom stereocenters. The van der Waals surface area contributed by atoms with Crippen LogP contribution in [0.2, 0.25) is 0 Å². The number of amides is 1. The molecular weight excluding hydrogens is 478 g/mol. The minimum absolute atomic E-state index is 0.203. The summed E-state index contributed by atoms with van der Waals surface area (Å²) in [5.41, 5.74) is 5.66. The van der Waals surface area contributed by atoms with Crippen molar-refractivity contribution in [3.8, 4) is 0 Å². The first-order valence-electron chi connectivity index (χ1n) is 15.3. The van der Waals surface area contributed by atoms with Crippen molar-refractivity contribution in [2.45, 2.75) is 90.1 Å². The average Bonchev–Trinajstić information content (AvgIpc) is 3.39. The summed E-state index contributed by atoms with van der Waals surface area (Å²) in [6, 6.07) is 18.3. The Labute approximate surface area is 237 Å². The SMILES string of the molecule is C=C(NC(Cc1ccccc1)C(/C=C/C)CN(C)C1CCCCC1)c1cc(CCC)cc(N2CCCC2=O)c1. The third-order valence-corrected chi connectivity index (χ3v) is 8.56. The minimum atomic E-state index is 0.203. The number of benzene rings is 2. The zero-order chi connectivity index (χ0) is 27.6. The van der Waals surface area contributed by atoms with Gasteiger partial charge in [0.1, 0.15) is 0 Å². The van der Waals surface area contributed by atoms with Crippen molar-refractivity contribution in [1.82, 2.24) is 10.2 Å². The summed E-state index contributed by atoms with van der Waals surface area (Å²) in [6.07, 6.45) is 15.9. The Kier molecular flexibility index (Phi) is 10.8. The highest BCUT2D eigenvalue weighted by molar-refractivity contribution is 5.95. The van der Waals surface area contributed by atoms with Crippen LogP contribution in [0.25, 0.3) is 5.70 Å². The molecule has 2 fully saturated rings. The van der Waals surface area contributed by atoms with Crippen LogP contribution in [0.15, 0.2) is 67.3 Å². The van der Waals surface area contributed by atoms with E-state index in [0.29, 0.717) is 18.4 Å². The van der Waals surface area contributed by atoms with Gasteiger partial charge in [-0.05, 0) is 81.0 Å². The van der Waals surface area contributed by atoms with Gasteiger partial charge in [-0.25, -0.2) is 0 Å². The van der Waals surface area contributed by atoms with E-state index in [1.165, 1.54) is 43.2 Å². The van der Waals surface area contributed by atoms with Crippen LogP contribution in [0.3, 0.4) is 0 Å². The van der Waals surface area contributed by atoms with E-state index in [2.05, 4.69) is 98.4 Å². The lowest BCUT2D eigenvalue weighted by Crippen LogP contribution is -2.44. The van der Waals surface area contributed by atoms with Crippen LogP contribution in [0.1, 0.15) is 81.9 Å². The summed E-state index contributed by atoms with van der Waals surface area (Å²) in [7, 11) is 2.31. The predicted molar refractivity (Wildman–Crippen MR) is 166 cm³/mol. The van der Waals surface area contributed by atoms with E-state index in [-0.39, 0.29) is 11.9 Å². The Bertz CT molecular complexity index is 1100. The van der Waals surface area contributed by atoms with Crippen molar-refractivity contribution in [2.24, 2.45) is 5.92 Å². The minimum Gasteiger partial charge on any atom is -0.381 e. The zero-order valence-corrected chi connectivity index (χ0v) is 24.5. The fourth-order valence-electron chi connectivity index (χ4n) is 6.42. The number of hydrogen-bond acceptors (Lipinski definition) is 3. The maximum Gasteiger partial charge on any atom is 0.227 e. The summed E-state index contributed by atoms with van der Waals surface area (Å²) in [6.45, 7) is 10.7. The van der Waals surface area contributed by atoms with Crippen molar-refractivity contribution in [3.63, 3.8) is 0 Å². The highest BCUT2D eigenvalue weighted by atomic mass is 16.2. The van der Waals surface area contributed by atoms with Crippen molar-refractivity contribution in [3.05, 3.63) is 84.0 Å². The van der Waals surface area contributed by atoms with Gasteiger partial charge in [0.2, 0.25) is 5.91 Å². The maximum atomic E-state index is 12.6. The van der Waals surface area contributed by atoms with Gasteiger partial charge in [-0.2, -0.15) is 0 Å². The highest BCUT2D eigenvalue weighted by Gasteiger charge is 2.27. The molecule has 4 heteroatoms. The third kappa shape index (κ3) is 8.08. The van der Waals surface area contributed by atoms with Gasteiger partial charge in [0.25, 0.3) is 0 Å². The number of rotatable bonds is 13. The molecule has 1 aliphatic carbocycles. The summed E-state index contributed by atoms with van der Waals surface area (Å²) in [5.74, 6) is 0.575. The monoisotopic (exact) mass is 527 g/mol. The van der Waals surface area contributed by atoms with Gasteiger partial charge in [0.15, 0.2) is 0 Å². The topological polar surface area (TPSA) is 35.6 Å². The van der Waals surface area contributed by atoms with Crippen molar-refractivity contribution < 1.29 is 4.79 Å². The van der Waals surface area contributed by atoms with Crippen molar-refractivity contribution in [1.29, 1.82) is 0 Å². The van der Waals surface area contributed by atoms with Gasteiger partial charge in [0, 0.05) is 48.9 Å². The number of aryl methyl sites for hydroxylation is 1. The predicted octanol–water partition coefficient (Wildman–Crippen LogP) is 7.39. The Hall–Kier alpha value is -2.85. The van der Waals surface area contributed by atoms with Gasteiger partial charge < -0.3 is 15.1 Å². The largest absolute Gasteiger partial charge is 0.381 e. The second-order valence-corrected chi connectivity index (χ2v) is 11.6. The molecular formula is C35H49N3O. The Morgan fingerprint density at radius 1 is 1.10 bits per heavy atom. The van der Waals surface area contributed by atoms with Crippen molar-refractivity contribution >= 4 is 17.3 Å². The van der Waals surface area contributed by atoms with Crippen LogP contribution < -0.4 is 10.2 Å². The smallest absolute Gasteiger partial charge is 0.227 e. The van der Waals surface area contributed by atoms with E-state index in [9.17, 15) is 4.79 Å². The second kappa shape index (κ2) is 14.5. The molecule has 0 aromatic heterocycles. The molecule has 0 radical (unpaired) electrons. The van der Waals surface area contributed by atoms with Gasteiger partial charge in [-0.3, -0.25) is 4.79 Å². The molecule has 210 valence electrons. The first kappa shape index (κ1) is 29.1. The standard InChI is InChI=1S/C35H49N3O/c1-5-14-29-22-31(25-33(23-29)38-21-13-20-35(38)39)27(3)36-34(24-28-16-9-7-10-17-28)30(15-6-2)26-37(4)32-18-11-8-12-19-32/h6-7,9-10,15-17,22-23,25,30,32,34,36H,3,5,8,11-14,18-21,24,26H2,1-2,4H3/b15-6+. The summed E-state index contributed by atoms with van der Waals surface area (Å²) in [4.78, 5) is 17.1. The second-order valence-electron chi connectivity index (χ2n) is 11.6. The first-order chi connectivity index (χ1) is 19.0. The van der Waals surface area contributed by atoms with Crippen LogP contribution in [-0.2, 0) is 17.6 Å². The number of allylic oxidation sites excluding steroid dienone is 1. The Balaban J connectivity index is 1.60. The lowest BCUT2D eigenvalue weighted by molar-refractivity contribution is -0.117. The number of anilines is 1. The highest BCUT2D eigenvalue weighted by Crippen LogP contribution is 2.29. The van der Waals surface area contributed by atoms with E-state index >= 15 is 0 Å². The number of hydrogen-bond donors (Lipinski definition) is 1. The van der Waals surface area contributed by atoms with Crippen LogP contribution in [0.5, 0.6) is 0 Å². The van der Waals surface area contributed by atoms with Crippen LogP contribution in [0.4, 0.5) is 5.69 Å². The van der Waals surface area contributed by atoms with Gasteiger partial charge in [-0.15, -0.1) is 0 Å². The number of nitrogens with one attached hydrogen (secondary N) is 1. The van der Waals surface area contributed by atoms with Gasteiger partial charge in [0.05, 0.1) is 0 Å². The number of carbonyl (C=O) groups is 1. The zero-order valence-electron chi connectivity index (χ0n) is 24.5. The summed E-state index contributed by atoms with van der Waals surface area (Å²) < 4.78 is 0. The van der Waals surface area contributed by atoms with E-state index in [0.717, 1.165) is 55.7 Å².